The van der Waals surface area contributed by atoms with Crippen molar-refractivity contribution in [3.63, 3.8) is 0 Å². The molecule has 0 heterocycles. The van der Waals surface area contributed by atoms with Crippen molar-refractivity contribution < 1.29 is 4.79 Å². The molecule has 0 aromatic heterocycles. The normalized spacial score (nSPS) is 12.6. The number of nitrogens with one attached hydrogen (secondary N) is 1. The number of amides is 1. The van der Waals surface area contributed by atoms with E-state index in [0.29, 0.717) is 0 Å². The van der Waals surface area contributed by atoms with Gasteiger partial charge in [-0.1, -0.05) is 0 Å². The predicted molar refractivity (Wildman–Crippen MR) is 142 cm³/mol. The fourth-order valence-electron chi connectivity index (χ4n) is 5.19. The number of rotatable bonds is 12. The first-order valence-corrected chi connectivity index (χ1v) is 14.5. The van der Waals surface area contributed by atoms with E-state index in [4.69, 9.17) is 0 Å². The second-order valence-electron chi connectivity index (χ2n) is 8.71. The van der Waals surface area contributed by atoms with E-state index in [1.807, 2.05) is 18.2 Å². The third-order valence-corrected chi connectivity index (χ3v) is 13.5. The van der Waals surface area contributed by atoms with Gasteiger partial charge in [0.2, 0.25) is 0 Å². The molecule has 0 aliphatic rings. The summed E-state index contributed by atoms with van der Waals surface area (Å²) >= 11 is 0. The van der Waals surface area contributed by atoms with Crippen LogP contribution in [-0.2, 0) is 0 Å². The quantitative estimate of drug-likeness (QED) is 0.246. The second kappa shape index (κ2) is 11.4. The Morgan fingerprint density at radius 1 is 0.625 bits per heavy atom. The van der Waals surface area contributed by atoms with Crippen molar-refractivity contribution in [2.24, 2.45) is 0 Å². The standard InChI is InChI=1S/C29H38NOP/c1-3-4-5-6-7-8-18-25-32(29(31)30-2,26-19-12-9-13-20-26,27-21-14-10-15-22-27)28-23-16-11-17-24-28/h9-17,19-24H,3-8,18,25H2,1-2H3,(H,30,31). The van der Waals surface area contributed by atoms with E-state index >= 15 is 0 Å². The van der Waals surface area contributed by atoms with Crippen molar-refractivity contribution >= 4 is 28.2 Å². The van der Waals surface area contributed by atoms with Crippen LogP contribution < -0.4 is 21.2 Å². The third kappa shape index (κ3) is 4.39. The Balaban J connectivity index is 2.18. The van der Waals surface area contributed by atoms with Crippen LogP contribution in [0.1, 0.15) is 51.9 Å². The molecule has 2 nitrogen and oxygen atoms in total. The van der Waals surface area contributed by atoms with E-state index in [1.54, 1.807) is 7.05 Å². The van der Waals surface area contributed by atoms with Gasteiger partial charge >= 0.3 is 194 Å². The van der Waals surface area contributed by atoms with Gasteiger partial charge in [0.15, 0.2) is 0 Å². The first kappa shape index (κ1) is 24.2. The number of hydrogen-bond donors (Lipinski definition) is 1. The summed E-state index contributed by atoms with van der Waals surface area (Å²) in [5.74, 6) is 0. The Kier molecular flexibility index (Phi) is 8.65. The van der Waals surface area contributed by atoms with Crippen LogP contribution in [0.2, 0.25) is 0 Å². The van der Waals surface area contributed by atoms with Crippen molar-refractivity contribution in [2.45, 2.75) is 51.9 Å². The Bertz CT molecular complexity index is 857. The molecule has 32 heavy (non-hydrogen) atoms. The predicted octanol–water partition coefficient (Wildman–Crippen LogP) is 6.61. The molecule has 0 aliphatic carbocycles. The maximum atomic E-state index is 14.3. The molecule has 3 heteroatoms. The van der Waals surface area contributed by atoms with Crippen LogP contribution in [-0.4, -0.2) is 18.9 Å². The SMILES string of the molecule is CCCCCCCCCP(C(=O)NC)(c1ccccc1)(c1ccccc1)c1ccccc1. The molecular formula is C29H38NOP. The van der Waals surface area contributed by atoms with Gasteiger partial charge in [-0.05, 0) is 0 Å². The van der Waals surface area contributed by atoms with E-state index in [1.165, 1.54) is 32.1 Å². The first-order valence-electron chi connectivity index (χ1n) is 12.1. The molecule has 0 saturated carbocycles. The van der Waals surface area contributed by atoms with Gasteiger partial charge < -0.3 is 0 Å². The molecule has 0 atom stereocenters. The Morgan fingerprint density at radius 2 is 1.00 bits per heavy atom. The molecule has 3 aromatic carbocycles. The van der Waals surface area contributed by atoms with E-state index < -0.39 is 6.60 Å². The van der Waals surface area contributed by atoms with E-state index in [2.05, 4.69) is 85.0 Å². The summed E-state index contributed by atoms with van der Waals surface area (Å²) in [5.41, 5.74) is 0.158. The topological polar surface area (TPSA) is 29.1 Å². The molecule has 3 aromatic rings. The van der Waals surface area contributed by atoms with Crippen LogP contribution in [0.5, 0.6) is 0 Å². The first-order chi connectivity index (χ1) is 15.7. The summed E-state index contributed by atoms with van der Waals surface area (Å²) in [5, 5.41) is 6.59. The molecule has 0 spiro atoms. The van der Waals surface area contributed by atoms with Gasteiger partial charge in [0.1, 0.15) is 0 Å². The molecule has 3 rings (SSSR count). The van der Waals surface area contributed by atoms with Gasteiger partial charge in [0.25, 0.3) is 0 Å². The van der Waals surface area contributed by atoms with Gasteiger partial charge in [-0.2, -0.15) is 0 Å². The third-order valence-electron chi connectivity index (χ3n) is 6.85. The van der Waals surface area contributed by atoms with Crippen molar-refractivity contribution in [3.8, 4) is 0 Å². The molecule has 0 bridgehead atoms. The van der Waals surface area contributed by atoms with Crippen LogP contribution in [0.3, 0.4) is 0 Å². The Morgan fingerprint density at radius 3 is 1.38 bits per heavy atom. The molecule has 0 saturated heterocycles. The zero-order chi connectivity index (χ0) is 22.7. The van der Waals surface area contributed by atoms with Crippen LogP contribution in [0.4, 0.5) is 4.79 Å². The molecule has 1 amide bonds. The van der Waals surface area contributed by atoms with Gasteiger partial charge in [-0.3, -0.25) is 0 Å². The zero-order valence-corrected chi connectivity index (χ0v) is 20.6. The summed E-state index contributed by atoms with van der Waals surface area (Å²) < 4.78 is 0. The monoisotopic (exact) mass is 447 g/mol. The van der Waals surface area contributed by atoms with Gasteiger partial charge in [0, 0.05) is 0 Å². The molecule has 170 valence electrons. The molecule has 1 N–H and O–H groups in total. The van der Waals surface area contributed by atoms with E-state index in [0.717, 1.165) is 34.9 Å². The summed E-state index contributed by atoms with van der Waals surface area (Å²) in [7, 11) is 1.79. The summed E-state index contributed by atoms with van der Waals surface area (Å²) in [6.45, 7) is -1.17. The van der Waals surface area contributed by atoms with Crippen molar-refractivity contribution in [1.29, 1.82) is 0 Å². The van der Waals surface area contributed by atoms with Crippen molar-refractivity contribution in [2.75, 3.05) is 13.2 Å². The van der Waals surface area contributed by atoms with Crippen LogP contribution >= 0.6 is 6.60 Å². The van der Waals surface area contributed by atoms with Gasteiger partial charge in [-0.25, -0.2) is 0 Å². The zero-order valence-electron chi connectivity index (χ0n) is 19.7. The molecule has 0 unspecified atom stereocenters. The van der Waals surface area contributed by atoms with E-state index in [-0.39, 0.29) is 5.65 Å². The fraction of sp³-hybridized carbons (Fsp3) is 0.345. The fourth-order valence-corrected chi connectivity index (χ4v) is 11.6. The van der Waals surface area contributed by atoms with Crippen LogP contribution in [0, 0.1) is 0 Å². The van der Waals surface area contributed by atoms with Crippen molar-refractivity contribution in [3.05, 3.63) is 91.0 Å². The van der Waals surface area contributed by atoms with Gasteiger partial charge in [-0.15, -0.1) is 0 Å². The Labute approximate surface area is 194 Å². The summed E-state index contributed by atoms with van der Waals surface area (Å²) in [4.78, 5) is 14.3. The van der Waals surface area contributed by atoms with Crippen LogP contribution in [0.25, 0.3) is 0 Å². The van der Waals surface area contributed by atoms with Gasteiger partial charge in [0.05, 0.1) is 0 Å². The maximum absolute atomic E-state index is 14.3. The minimum atomic E-state index is -3.42. The number of unbranched alkanes of at least 4 members (excludes halogenated alkanes) is 6. The minimum absolute atomic E-state index is 0.158. The molecular weight excluding hydrogens is 409 g/mol. The summed E-state index contributed by atoms with van der Waals surface area (Å²) in [6, 6.07) is 31.7. The number of carbonyl (C=O) groups excluding carboxylic acids is 1. The Hall–Kier alpha value is -2.44. The van der Waals surface area contributed by atoms with E-state index in [9.17, 15) is 4.79 Å². The molecule has 0 aliphatic heterocycles. The molecule has 0 fully saturated rings. The molecule has 0 radical (unpaired) electrons. The summed E-state index contributed by atoms with van der Waals surface area (Å²) in [6.07, 6.45) is 9.47. The second-order valence-corrected chi connectivity index (χ2v) is 13.7. The number of carbonyl (C=O) groups is 1. The average Bonchev–Trinajstić information content (AvgIpc) is 2.87. The van der Waals surface area contributed by atoms with Crippen molar-refractivity contribution in [1.82, 2.24) is 5.32 Å². The number of hydrogen-bond acceptors (Lipinski definition) is 1. The average molecular weight is 448 g/mol. The number of benzene rings is 3. The van der Waals surface area contributed by atoms with Crippen LogP contribution in [0.15, 0.2) is 91.0 Å².